The van der Waals surface area contributed by atoms with Crippen LogP contribution in [0.15, 0.2) is 16.4 Å². The van der Waals surface area contributed by atoms with Gasteiger partial charge in [-0.05, 0) is 52.5 Å². The maximum Gasteiger partial charge on any atom is 0.328 e. The summed E-state index contributed by atoms with van der Waals surface area (Å²) in [5.74, 6) is -6.92. The molecule has 6 atom stereocenters. The van der Waals surface area contributed by atoms with E-state index < -0.39 is 103 Å². The van der Waals surface area contributed by atoms with E-state index in [9.17, 15) is 48.9 Å². The lowest BCUT2D eigenvalue weighted by Gasteiger charge is -2.34. The molecule has 0 saturated carbocycles. The second-order valence-corrected chi connectivity index (χ2v) is 11.4. The molecule has 1 heterocycles. The Hall–Kier alpha value is -4.50. The number of aliphatic hydroxyl groups excluding tert-OH is 3. The number of carboxylic acids is 1. The summed E-state index contributed by atoms with van der Waals surface area (Å²) in [7, 11) is 0. The highest BCUT2D eigenvalue weighted by molar-refractivity contribution is 6.02. The van der Waals surface area contributed by atoms with Crippen molar-refractivity contribution in [2.24, 2.45) is 16.6 Å². The summed E-state index contributed by atoms with van der Waals surface area (Å²) in [6.07, 6.45) is 2.00. The van der Waals surface area contributed by atoms with Crippen LogP contribution in [0.1, 0.15) is 53.9 Å². The van der Waals surface area contributed by atoms with Crippen molar-refractivity contribution in [1.82, 2.24) is 31.6 Å². The molecule has 0 fully saturated rings. The first-order valence-electron chi connectivity index (χ1n) is 15.1. The van der Waals surface area contributed by atoms with E-state index >= 15 is 0 Å². The van der Waals surface area contributed by atoms with Gasteiger partial charge in [0.2, 0.25) is 23.6 Å². The van der Waals surface area contributed by atoms with Gasteiger partial charge in [-0.3, -0.25) is 28.8 Å². The highest BCUT2D eigenvalue weighted by Crippen LogP contribution is 2.16. The number of amides is 6. The molecule has 0 aliphatic carbocycles. The Morgan fingerprint density at radius 3 is 2.04 bits per heavy atom. The highest BCUT2D eigenvalue weighted by Gasteiger charge is 2.40. The number of nitrogens with zero attached hydrogens (tertiary/aromatic N) is 2. The number of carbonyl (C=O) groups excluding carboxylic acids is 6. The fourth-order valence-electron chi connectivity index (χ4n) is 4.03. The minimum absolute atomic E-state index is 0.0721. The molecule has 0 aromatic rings. The summed E-state index contributed by atoms with van der Waals surface area (Å²) in [5, 5.41) is 53.4. The topological polar surface area (TPSA) is 328 Å². The van der Waals surface area contributed by atoms with E-state index in [-0.39, 0.29) is 18.5 Å². The predicted octanol–water partition coefficient (Wildman–Crippen LogP) is -5.15. The number of carbonyl (C=O) groups is 7. The molecule has 0 bridgehead atoms. The van der Waals surface area contributed by atoms with Gasteiger partial charge in [0.1, 0.15) is 35.4 Å². The molecular formula is C28H47N9O11. The molecule has 0 aromatic carbocycles. The summed E-state index contributed by atoms with van der Waals surface area (Å²) in [6.45, 7) is 4.46. The van der Waals surface area contributed by atoms with Crippen molar-refractivity contribution < 1.29 is 54.0 Å². The van der Waals surface area contributed by atoms with Crippen LogP contribution in [0.2, 0.25) is 0 Å². The maximum atomic E-state index is 13.6. The Bertz CT molecular complexity index is 1280. The molecule has 270 valence electrons. The number of hydrogen-bond acceptors (Lipinski definition) is 13. The standard InChI is InChI=1S/C28H47N9O11/c1-6-13(2)19(24(44)34-17(10-38)26(46)47)35-21(41)15(4)32-23(43)18-8-7-9-31-37(18)25(45)20(14(3)29)36-22(42)16(5)33-27(48)28(30,11-39)12-40/h9,14-18,20,38-40H,6-8,10-12,29-30H2,1-5H3,(H,32,43)(H,33,48)(H,34,44)(H,35,41)(H,36,42)(H,46,47)/b19-13+. The molecule has 48 heavy (non-hydrogen) atoms. The zero-order valence-electron chi connectivity index (χ0n) is 27.5. The number of aliphatic hydroxyl groups is 3. The third kappa shape index (κ3) is 11.0. The van der Waals surface area contributed by atoms with Gasteiger partial charge in [0.05, 0.1) is 19.8 Å². The normalized spacial score (nSPS) is 18.2. The minimum Gasteiger partial charge on any atom is -0.480 e. The fraction of sp³-hybridized carbons (Fsp3) is 0.643. The summed E-state index contributed by atoms with van der Waals surface area (Å²) in [6, 6.07) is -7.93. The first-order valence-corrected chi connectivity index (χ1v) is 15.1. The third-order valence-corrected chi connectivity index (χ3v) is 7.42. The van der Waals surface area contributed by atoms with E-state index in [0.29, 0.717) is 12.0 Å². The Kier molecular flexibility index (Phi) is 16.2. The summed E-state index contributed by atoms with van der Waals surface area (Å²) >= 11 is 0. The van der Waals surface area contributed by atoms with Crippen molar-refractivity contribution in [2.75, 3.05) is 19.8 Å². The van der Waals surface area contributed by atoms with E-state index in [1.807, 2.05) is 0 Å². The molecule has 20 heteroatoms. The van der Waals surface area contributed by atoms with Crippen LogP contribution in [0, 0.1) is 0 Å². The Labute approximate surface area is 276 Å². The van der Waals surface area contributed by atoms with Gasteiger partial charge in [-0.1, -0.05) is 6.92 Å². The van der Waals surface area contributed by atoms with Crippen LogP contribution in [-0.2, 0) is 33.6 Å². The van der Waals surface area contributed by atoms with Gasteiger partial charge in [-0.25, -0.2) is 9.80 Å². The molecule has 6 unspecified atom stereocenters. The van der Waals surface area contributed by atoms with Crippen molar-refractivity contribution in [2.45, 2.75) is 95.7 Å². The molecule has 0 aromatic heterocycles. The third-order valence-electron chi connectivity index (χ3n) is 7.42. The average molecular weight is 686 g/mol. The second kappa shape index (κ2) is 18.7. The van der Waals surface area contributed by atoms with Crippen molar-refractivity contribution in [3.63, 3.8) is 0 Å². The lowest BCUT2D eigenvalue weighted by Crippen LogP contribution is -2.64. The van der Waals surface area contributed by atoms with E-state index in [0.717, 1.165) is 5.01 Å². The van der Waals surface area contributed by atoms with Gasteiger partial charge >= 0.3 is 5.97 Å². The van der Waals surface area contributed by atoms with E-state index in [2.05, 4.69) is 31.7 Å². The van der Waals surface area contributed by atoms with Crippen molar-refractivity contribution in [3.05, 3.63) is 11.3 Å². The molecule has 1 aliphatic rings. The van der Waals surface area contributed by atoms with Gasteiger partial charge in [-0.2, -0.15) is 5.10 Å². The maximum absolute atomic E-state index is 13.6. The molecule has 0 radical (unpaired) electrons. The van der Waals surface area contributed by atoms with Crippen LogP contribution in [0.3, 0.4) is 0 Å². The second-order valence-electron chi connectivity index (χ2n) is 11.4. The molecule has 13 N–H and O–H groups in total. The predicted molar refractivity (Wildman–Crippen MR) is 168 cm³/mol. The summed E-state index contributed by atoms with van der Waals surface area (Å²) in [5.41, 5.74) is 9.65. The van der Waals surface area contributed by atoms with Crippen molar-refractivity contribution >= 4 is 47.6 Å². The Balaban J connectivity index is 3.08. The van der Waals surface area contributed by atoms with Crippen LogP contribution >= 0.6 is 0 Å². The average Bonchev–Trinajstić information content (AvgIpc) is 3.06. The van der Waals surface area contributed by atoms with E-state index in [1.165, 1.54) is 33.9 Å². The number of carboxylic acid groups (broad SMARTS) is 1. The smallest absolute Gasteiger partial charge is 0.328 e. The zero-order valence-corrected chi connectivity index (χ0v) is 27.5. The van der Waals surface area contributed by atoms with Gasteiger partial charge in [-0.15, -0.1) is 0 Å². The van der Waals surface area contributed by atoms with Crippen LogP contribution in [0.25, 0.3) is 0 Å². The van der Waals surface area contributed by atoms with Crippen LogP contribution in [-0.4, -0.2) is 135 Å². The van der Waals surface area contributed by atoms with Gasteiger partial charge in [0, 0.05) is 12.3 Å². The fourth-order valence-corrected chi connectivity index (χ4v) is 4.03. The number of nitrogens with one attached hydrogen (secondary N) is 5. The first kappa shape index (κ1) is 41.5. The lowest BCUT2D eigenvalue weighted by molar-refractivity contribution is -0.145. The zero-order chi connectivity index (χ0) is 36.9. The van der Waals surface area contributed by atoms with Crippen LogP contribution in [0.5, 0.6) is 0 Å². The quantitative estimate of drug-likeness (QED) is 0.0639. The van der Waals surface area contributed by atoms with Crippen molar-refractivity contribution in [3.8, 4) is 0 Å². The molecule has 1 rings (SSSR count). The number of rotatable bonds is 17. The molecular weight excluding hydrogens is 638 g/mol. The van der Waals surface area contributed by atoms with E-state index in [4.69, 9.17) is 16.6 Å². The monoisotopic (exact) mass is 685 g/mol. The number of hydrazone groups is 1. The van der Waals surface area contributed by atoms with Crippen molar-refractivity contribution in [1.29, 1.82) is 0 Å². The lowest BCUT2D eigenvalue weighted by atomic mass is 10.0. The summed E-state index contributed by atoms with van der Waals surface area (Å²) < 4.78 is 0. The first-order chi connectivity index (χ1) is 22.4. The SMILES string of the molecule is CC/C(C)=C(/NC(=O)C(C)NC(=O)C1CCC=NN1C(=O)C(NC(=O)C(C)NC(=O)C(N)(CO)CO)C(C)N)C(=O)NC(CO)C(=O)O. The number of aliphatic carboxylic acids is 1. The molecule has 1 aliphatic heterocycles. The molecule has 20 nitrogen and oxygen atoms in total. The molecule has 6 amide bonds. The number of nitrogens with two attached hydrogens (primary N) is 2. The number of hydrogen-bond donors (Lipinski definition) is 11. The van der Waals surface area contributed by atoms with Crippen LogP contribution in [0.4, 0.5) is 0 Å². The van der Waals surface area contributed by atoms with Gasteiger partial charge < -0.3 is 58.5 Å². The van der Waals surface area contributed by atoms with E-state index in [1.54, 1.807) is 6.92 Å². The number of allylic oxidation sites excluding steroid dienone is 1. The van der Waals surface area contributed by atoms with Gasteiger partial charge in [0.15, 0.2) is 6.04 Å². The summed E-state index contributed by atoms with van der Waals surface area (Å²) in [4.78, 5) is 89.1. The minimum atomic E-state index is -2.06. The Morgan fingerprint density at radius 1 is 0.958 bits per heavy atom. The molecule has 0 saturated heterocycles. The molecule has 0 spiro atoms. The largest absolute Gasteiger partial charge is 0.480 e. The van der Waals surface area contributed by atoms with Gasteiger partial charge in [0.25, 0.3) is 11.8 Å². The Morgan fingerprint density at radius 2 is 1.54 bits per heavy atom. The highest BCUT2D eigenvalue weighted by atomic mass is 16.4. The van der Waals surface area contributed by atoms with Crippen LogP contribution < -0.4 is 38.1 Å².